The van der Waals surface area contributed by atoms with Crippen LogP contribution < -0.4 is 5.32 Å². The van der Waals surface area contributed by atoms with Crippen LogP contribution in [0, 0.1) is 17.2 Å². The lowest BCUT2D eigenvalue weighted by atomic mass is 10.00. The first-order valence-corrected chi connectivity index (χ1v) is 12.6. The molecular weight excluding hydrogens is 450 g/mol. The summed E-state index contributed by atoms with van der Waals surface area (Å²) in [7, 11) is 0. The topological polar surface area (TPSA) is 108 Å². The Hall–Kier alpha value is -3.90. The van der Waals surface area contributed by atoms with E-state index in [1.807, 2.05) is 41.3 Å². The summed E-state index contributed by atoms with van der Waals surface area (Å²) < 4.78 is 1.98. The number of likely N-dealkylation sites (tertiary alicyclic amines) is 1. The van der Waals surface area contributed by atoms with Crippen LogP contribution in [0.4, 0.5) is 11.6 Å². The molecule has 4 aromatic heterocycles. The minimum Gasteiger partial charge on any atom is -0.323 e. The molecule has 1 fully saturated rings. The van der Waals surface area contributed by atoms with Crippen molar-refractivity contribution in [1.29, 1.82) is 5.26 Å². The first kappa shape index (κ1) is 23.8. The van der Waals surface area contributed by atoms with Gasteiger partial charge in [-0.25, -0.2) is 4.98 Å². The number of fused-ring (bicyclic) bond motifs is 1. The van der Waals surface area contributed by atoms with E-state index in [4.69, 9.17) is 4.98 Å². The SMILES string of the molecule is CC(C)c1cnnc(Nc2ccc3ncc(-c4cnn(CCCN5CCCC(C#N)C5)c4)cc3n2)c1. The van der Waals surface area contributed by atoms with E-state index in [1.165, 1.54) is 0 Å². The highest BCUT2D eigenvalue weighted by molar-refractivity contribution is 5.81. The Morgan fingerprint density at radius 2 is 2.00 bits per heavy atom. The third-order valence-corrected chi connectivity index (χ3v) is 6.65. The fourth-order valence-corrected chi connectivity index (χ4v) is 4.58. The normalized spacial score (nSPS) is 16.3. The lowest BCUT2D eigenvalue weighted by Gasteiger charge is -2.29. The number of nitrogens with zero attached hydrogens (tertiary/aromatic N) is 8. The molecule has 5 heterocycles. The Kier molecular flexibility index (Phi) is 7.14. The average molecular weight is 482 g/mol. The van der Waals surface area contributed by atoms with Crippen molar-refractivity contribution in [3.05, 3.63) is 54.6 Å². The smallest absolute Gasteiger partial charge is 0.154 e. The van der Waals surface area contributed by atoms with Crippen LogP contribution in [0.1, 0.15) is 44.6 Å². The van der Waals surface area contributed by atoms with E-state index in [-0.39, 0.29) is 5.92 Å². The Morgan fingerprint density at radius 1 is 1.08 bits per heavy atom. The Balaban J connectivity index is 1.25. The number of aromatic nitrogens is 6. The third-order valence-electron chi connectivity index (χ3n) is 6.65. The molecule has 0 radical (unpaired) electrons. The van der Waals surface area contributed by atoms with Gasteiger partial charge in [-0.05, 0) is 68.1 Å². The summed E-state index contributed by atoms with van der Waals surface area (Å²) in [6.07, 6.45) is 10.7. The van der Waals surface area contributed by atoms with Gasteiger partial charge in [-0.1, -0.05) is 13.8 Å². The first-order valence-electron chi connectivity index (χ1n) is 12.6. The van der Waals surface area contributed by atoms with Gasteiger partial charge in [-0.15, -0.1) is 5.10 Å². The van der Waals surface area contributed by atoms with E-state index >= 15 is 0 Å². The molecule has 0 amide bonds. The van der Waals surface area contributed by atoms with Crippen LogP contribution in [0.2, 0.25) is 0 Å². The number of rotatable bonds is 8. The van der Waals surface area contributed by atoms with E-state index in [2.05, 4.69) is 56.6 Å². The van der Waals surface area contributed by atoms with Crippen molar-refractivity contribution >= 4 is 22.7 Å². The Bertz CT molecular complexity index is 1370. The van der Waals surface area contributed by atoms with Crippen molar-refractivity contribution in [3.8, 4) is 17.2 Å². The lowest BCUT2D eigenvalue weighted by Crippen LogP contribution is -2.35. The summed E-state index contributed by atoms with van der Waals surface area (Å²) in [4.78, 5) is 11.8. The van der Waals surface area contributed by atoms with Gasteiger partial charge in [0.15, 0.2) is 5.82 Å². The molecule has 0 aliphatic carbocycles. The van der Waals surface area contributed by atoms with Gasteiger partial charge in [0.2, 0.25) is 0 Å². The molecule has 184 valence electrons. The van der Waals surface area contributed by atoms with E-state index in [9.17, 15) is 5.26 Å². The highest BCUT2D eigenvalue weighted by atomic mass is 15.3. The molecule has 36 heavy (non-hydrogen) atoms. The third kappa shape index (κ3) is 5.66. The lowest BCUT2D eigenvalue weighted by molar-refractivity contribution is 0.194. The van der Waals surface area contributed by atoms with E-state index < -0.39 is 0 Å². The molecule has 9 nitrogen and oxygen atoms in total. The summed E-state index contributed by atoms with van der Waals surface area (Å²) in [5.41, 5.74) is 4.75. The zero-order valence-corrected chi connectivity index (χ0v) is 20.8. The molecule has 1 saturated heterocycles. The van der Waals surface area contributed by atoms with E-state index in [0.717, 1.165) is 73.2 Å². The van der Waals surface area contributed by atoms with Gasteiger partial charge >= 0.3 is 0 Å². The highest BCUT2D eigenvalue weighted by Crippen LogP contribution is 2.24. The zero-order valence-electron chi connectivity index (χ0n) is 20.8. The first-order chi connectivity index (χ1) is 17.6. The number of pyridine rings is 2. The quantitative estimate of drug-likeness (QED) is 0.383. The zero-order chi connectivity index (χ0) is 24.9. The van der Waals surface area contributed by atoms with Crippen LogP contribution in [0.3, 0.4) is 0 Å². The van der Waals surface area contributed by atoms with Crippen molar-refractivity contribution in [1.82, 2.24) is 34.8 Å². The van der Waals surface area contributed by atoms with Crippen molar-refractivity contribution < 1.29 is 0 Å². The molecule has 1 aliphatic heterocycles. The van der Waals surface area contributed by atoms with Crippen molar-refractivity contribution in [2.45, 2.75) is 45.6 Å². The predicted molar refractivity (Wildman–Crippen MR) is 140 cm³/mol. The fraction of sp³-hybridized carbons (Fsp3) is 0.407. The van der Waals surface area contributed by atoms with Crippen molar-refractivity contribution in [3.63, 3.8) is 0 Å². The standard InChI is InChI=1S/C27H31N9/c1-19(2)21-12-27(34-30-15-21)33-26-7-6-24-25(32-26)11-22(14-29-24)23-16-31-36(18-23)10-4-9-35-8-3-5-20(13-28)17-35/h6-7,11-12,14-16,18-20H,3-5,8-10,17H2,1-2H3,(H,32,33,34). The monoisotopic (exact) mass is 481 g/mol. The molecule has 0 saturated carbocycles. The summed E-state index contributed by atoms with van der Waals surface area (Å²) in [6.45, 7) is 8.08. The molecule has 1 N–H and O–H groups in total. The number of hydrogen-bond donors (Lipinski definition) is 1. The van der Waals surface area contributed by atoms with E-state index in [0.29, 0.717) is 17.6 Å². The van der Waals surface area contributed by atoms with Gasteiger partial charge in [0.1, 0.15) is 5.82 Å². The number of nitrogens with one attached hydrogen (secondary N) is 1. The van der Waals surface area contributed by atoms with Gasteiger partial charge in [0.25, 0.3) is 0 Å². The molecule has 1 atom stereocenters. The van der Waals surface area contributed by atoms with Crippen molar-refractivity contribution in [2.75, 3.05) is 25.0 Å². The molecule has 5 rings (SSSR count). The maximum Gasteiger partial charge on any atom is 0.154 e. The second-order valence-corrected chi connectivity index (χ2v) is 9.73. The van der Waals surface area contributed by atoms with Crippen LogP contribution in [0.5, 0.6) is 0 Å². The van der Waals surface area contributed by atoms with E-state index in [1.54, 1.807) is 6.20 Å². The van der Waals surface area contributed by atoms with Gasteiger partial charge in [-0.3, -0.25) is 9.67 Å². The second-order valence-electron chi connectivity index (χ2n) is 9.73. The van der Waals surface area contributed by atoms with Crippen LogP contribution >= 0.6 is 0 Å². The van der Waals surface area contributed by atoms with Crippen molar-refractivity contribution in [2.24, 2.45) is 5.92 Å². The van der Waals surface area contributed by atoms with Crippen LogP contribution in [-0.2, 0) is 6.54 Å². The minimum atomic E-state index is 0.179. The molecule has 9 heteroatoms. The summed E-state index contributed by atoms with van der Waals surface area (Å²) >= 11 is 0. The maximum absolute atomic E-state index is 9.19. The largest absolute Gasteiger partial charge is 0.323 e. The summed E-state index contributed by atoms with van der Waals surface area (Å²) in [5.74, 6) is 1.92. The molecule has 4 aromatic rings. The minimum absolute atomic E-state index is 0.179. The maximum atomic E-state index is 9.19. The average Bonchev–Trinajstić information content (AvgIpc) is 3.37. The predicted octanol–water partition coefficient (Wildman–Crippen LogP) is 4.78. The number of anilines is 2. The molecule has 1 unspecified atom stereocenters. The Morgan fingerprint density at radius 3 is 2.86 bits per heavy atom. The van der Waals surface area contributed by atoms with Gasteiger partial charge < -0.3 is 10.2 Å². The molecule has 0 spiro atoms. The Labute approximate surface area is 211 Å². The summed E-state index contributed by atoms with van der Waals surface area (Å²) in [6, 6.07) is 10.3. The highest BCUT2D eigenvalue weighted by Gasteiger charge is 2.18. The van der Waals surface area contributed by atoms with Gasteiger partial charge in [0.05, 0.1) is 35.4 Å². The second kappa shape index (κ2) is 10.8. The summed E-state index contributed by atoms with van der Waals surface area (Å²) in [5, 5.41) is 25.3. The van der Waals surface area contributed by atoms with Crippen LogP contribution in [0.15, 0.2) is 49.1 Å². The molecule has 1 aliphatic rings. The number of piperidine rings is 1. The molecular formula is C27H31N9. The molecule has 0 aromatic carbocycles. The van der Waals surface area contributed by atoms with Gasteiger partial charge in [0, 0.05) is 36.6 Å². The number of nitriles is 1. The van der Waals surface area contributed by atoms with Crippen LogP contribution in [-0.4, -0.2) is 54.5 Å². The number of aryl methyl sites for hydroxylation is 1. The fourth-order valence-electron chi connectivity index (χ4n) is 4.58. The molecule has 0 bridgehead atoms. The number of hydrogen-bond acceptors (Lipinski definition) is 8. The van der Waals surface area contributed by atoms with Crippen LogP contribution in [0.25, 0.3) is 22.2 Å². The van der Waals surface area contributed by atoms with Gasteiger partial charge in [-0.2, -0.15) is 15.5 Å².